The number of hydrogen-bond donors (Lipinski definition) is 2. The molecule has 0 bridgehead atoms. The van der Waals surface area contributed by atoms with Crippen molar-refractivity contribution in [3.05, 3.63) is 55.6 Å². The zero-order chi connectivity index (χ0) is 12.3. The zero-order valence-electron chi connectivity index (χ0n) is 8.99. The lowest BCUT2D eigenvalue weighted by atomic mass is 10.0. The molecule has 1 atom stereocenters. The summed E-state index contributed by atoms with van der Waals surface area (Å²) >= 11 is 11.0. The zero-order valence-corrected chi connectivity index (χ0v) is 12.1. The minimum absolute atomic E-state index is 0.0993. The van der Waals surface area contributed by atoms with Crippen molar-refractivity contribution in [3.63, 3.8) is 0 Å². The van der Waals surface area contributed by atoms with E-state index in [1.54, 1.807) is 11.3 Å². The molecule has 90 valence electrons. The van der Waals surface area contributed by atoms with Gasteiger partial charge in [-0.25, -0.2) is 0 Å². The van der Waals surface area contributed by atoms with E-state index in [4.69, 9.17) is 17.4 Å². The Morgan fingerprint density at radius 1 is 1.35 bits per heavy atom. The number of nitrogens with two attached hydrogens (primary N) is 1. The minimum Gasteiger partial charge on any atom is -0.271 e. The molecular formula is C12H12BrClN2S. The topological polar surface area (TPSA) is 38.0 Å². The van der Waals surface area contributed by atoms with Crippen molar-refractivity contribution < 1.29 is 0 Å². The predicted octanol–water partition coefficient (Wildman–Crippen LogP) is 3.91. The summed E-state index contributed by atoms with van der Waals surface area (Å²) in [6, 6.07) is 12.2. The van der Waals surface area contributed by atoms with E-state index in [1.165, 1.54) is 4.88 Å². The molecule has 3 N–H and O–H groups in total. The Hall–Kier alpha value is -0.390. The number of hydrazine groups is 1. The van der Waals surface area contributed by atoms with E-state index in [2.05, 4.69) is 33.5 Å². The Balaban J connectivity index is 2.16. The third-order valence-corrected chi connectivity index (χ3v) is 4.23. The van der Waals surface area contributed by atoms with Crippen LogP contribution in [0.1, 0.15) is 16.5 Å². The standard InChI is InChI=1S/C12H12BrClN2S/c13-9-3-1-2-8(6-9)11(16-15)7-10-4-5-12(14)17-10/h1-6,11,16H,7,15H2. The fourth-order valence-electron chi connectivity index (χ4n) is 1.66. The van der Waals surface area contributed by atoms with Crippen LogP contribution in [0.25, 0.3) is 0 Å². The molecule has 0 aliphatic heterocycles. The van der Waals surface area contributed by atoms with E-state index in [0.717, 1.165) is 20.8 Å². The quantitative estimate of drug-likeness (QED) is 0.658. The number of hydrogen-bond acceptors (Lipinski definition) is 3. The van der Waals surface area contributed by atoms with Crippen molar-refractivity contribution in [2.45, 2.75) is 12.5 Å². The lowest BCUT2D eigenvalue weighted by Gasteiger charge is -2.15. The van der Waals surface area contributed by atoms with Crippen LogP contribution >= 0.6 is 38.9 Å². The SMILES string of the molecule is NNC(Cc1ccc(Cl)s1)c1cccc(Br)c1. The number of benzene rings is 1. The molecule has 0 aliphatic rings. The molecule has 17 heavy (non-hydrogen) atoms. The van der Waals surface area contributed by atoms with Crippen molar-refractivity contribution in [1.29, 1.82) is 0 Å². The fourth-order valence-corrected chi connectivity index (χ4v) is 3.21. The minimum atomic E-state index is 0.0993. The average molecular weight is 332 g/mol. The van der Waals surface area contributed by atoms with Crippen molar-refractivity contribution >= 4 is 38.9 Å². The highest BCUT2D eigenvalue weighted by Crippen LogP contribution is 2.27. The maximum atomic E-state index is 5.92. The van der Waals surface area contributed by atoms with Gasteiger partial charge in [0.15, 0.2) is 0 Å². The third-order valence-electron chi connectivity index (χ3n) is 2.49. The van der Waals surface area contributed by atoms with Crippen LogP contribution in [0.4, 0.5) is 0 Å². The van der Waals surface area contributed by atoms with Crippen LogP contribution in [-0.4, -0.2) is 0 Å². The van der Waals surface area contributed by atoms with Crippen LogP contribution in [0.2, 0.25) is 4.34 Å². The van der Waals surface area contributed by atoms with Crippen LogP contribution in [0.15, 0.2) is 40.9 Å². The number of nitrogens with one attached hydrogen (secondary N) is 1. The summed E-state index contributed by atoms with van der Waals surface area (Å²) in [5, 5.41) is 0. The summed E-state index contributed by atoms with van der Waals surface area (Å²) in [5.41, 5.74) is 4.00. The van der Waals surface area contributed by atoms with Crippen LogP contribution in [-0.2, 0) is 6.42 Å². The summed E-state index contributed by atoms with van der Waals surface area (Å²) < 4.78 is 1.87. The largest absolute Gasteiger partial charge is 0.271 e. The Kier molecular flexibility index (Phi) is 4.59. The predicted molar refractivity (Wildman–Crippen MR) is 77.2 cm³/mol. The van der Waals surface area contributed by atoms with Crippen LogP contribution in [0.3, 0.4) is 0 Å². The van der Waals surface area contributed by atoms with Gasteiger partial charge in [-0.05, 0) is 29.8 Å². The maximum absolute atomic E-state index is 5.92. The Morgan fingerprint density at radius 3 is 2.76 bits per heavy atom. The monoisotopic (exact) mass is 330 g/mol. The average Bonchev–Trinajstić information content (AvgIpc) is 2.72. The van der Waals surface area contributed by atoms with Gasteiger partial charge in [-0.1, -0.05) is 39.7 Å². The van der Waals surface area contributed by atoms with Crippen LogP contribution in [0, 0.1) is 0 Å². The van der Waals surface area contributed by atoms with E-state index in [-0.39, 0.29) is 6.04 Å². The molecule has 0 aliphatic carbocycles. The summed E-state index contributed by atoms with van der Waals surface area (Å²) in [4.78, 5) is 1.22. The van der Waals surface area contributed by atoms with E-state index in [0.29, 0.717) is 0 Å². The van der Waals surface area contributed by atoms with E-state index in [9.17, 15) is 0 Å². The molecule has 1 aromatic carbocycles. The second-order valence-electron chi connectivity index (χ2n) is 3.68. The van der Waals surface area contributed by atoms with E-state index >= 15 is 0 Å². The lowest BCUT2D eigenvalue weighted by molar-refractivity contribution is 0.555. The lowest BCUT2D eigenvalue weighted by Crippen LogP contribution is -2.29. The summed E-state index contributed by atoms with van der Waals surface area (Å²) in [6.45, 7) is 0. The first-order valence-corrected chi connectivity index (χ1v) is 7.13. The van der Waals surface area contributed by atoms with Crippen molar-refractivity contribution in [1.82, 2.24) is 5.43 Å². The van der Waals surface area contributed by atoms with Gasteiger partial charge >= 0.3 is 0 Å². The number of halogens is 2. The molecule has 0 fully saturated rings. The highest BCUT2D eigenvalue weighted by molar-refractivity contribution is 9.10. The normalized spacial score (nSPS) is 12.6. The number of rotatable bonds is 4. The van der Waals surface area contributed by atoms with E-state index in [1.807, 2.05) is 24.3 Å². The van der Waals surface area contributed by atoms with Gasteiger partial charge in [0.1, 0.15) is 0 Å². The van der Waals surface area contributed by atoms with Gasteiger partial charge in [0.05, 0.1) is 10.4 Å². The molecule has 0 saturated heterocycles. The van der Waals surface area contributed by atoms with Crippen molar-refractivity contribution in [2.75, 3.05) is 0 Å². The summed E-state index contributed by atoms with van der Waals surface area (Å²) in [6.07, 6.45) is 0.838. The molecule has 0 radical (unpaired) electrons. The molecule has 0 amide bonds. The molecule has 0 saturated carbocycles. The molecule has 1 aromatic heterocycles. The third kappa shape index (κ3) is 3.53. The Labute approximate surface area is 118 Å². The highest BCUT2D eigenvalue weighted by Gasteiger charge is 2.12. The fraction of sp³-hybridized carbons (Fsp3) is 0.167. The van der Waals surface area contributed by atoms with Gasteiger partial charge in [-0.2, -0.15) is 0 Å². The molecule has 0 spiro atoms. The first-order chi connectivity index (χ1) is 8.19. The number of thiophene rings is 1. The molecule has 1 unspecified atom stereocenters. The van der Waals surface area contributed by atoms with Crippen molar-refractivity contribution in [2.24, 2.45) is 5.84 Å². The van der Waals surface area contributed by atoms with E-state index < -0.39 is 0 Å². The Bertz CT molecular complexity index is 501. The second-order valence-corrected chi connectivity index (χ2v) is 6.40. The molecule has 2 aromatic rings. The smallest absolute Gasteiger partial charge is 0.0931 e. The van der Waals surface area contributed by atoms with Gasteiger partial charge in [0.25, 0.3) is 0 Å². The second kappa shape index (κ2) is 5.98. The van der Waals surface area contributed by atoms with Crippen LogP contribution in [0.5, 0.6) is 0 Å². The first kappa shape index (κ1) is 13.1. The summed E-state index contributed by atoms with van der Waals surface area (Å²) in [7, 11) is 0. The van der Waals surface area contributed by atoms with Gasteiger partial charge in [0.2, 0.25) is 0 Å². The molecule has 2 rings (SSSR count). The van der Waals surface area contributed by atoms with Gasteiger partial charge in [0, 0.05) is 15.8 Å². The van der Waals surface area contributed by atoms with Gasteiger partial charge in [-0.3, -0.25) is 11.3 Å². The molecular weight excluding hydrogens is 320 g/mol. The maximum Gasteiger partial charge on any atom is 0.0931 e. The van der Waals surface area contributed by atoms with Crippen molar-refractivity contribution in [3.8, 4) is 0 Å². The molecule has 5 heteroatoms. The molecule has 2 nitrogen and oxygen atoms in total. The van der Waals surface area contributed by atoms with Crippen LogP contribution < -0.4 is 11.3 Å². The Morgan fingerprint density at radius 2 is 2.18 bits per heavy atom. The molecule has 1 heterocycles. The van der Waals surface area contributed by atoms with Gasteiger partial charge in [-0.15, -0.1) is 11.3 Å². The first-order valence-electron chi connectivity index (χ1n) is 5.15. The van der Waals surface area contributed by atoms with Gasteiger partial charge < -0.3 is 0 Å². The summed E-state index contributed by atoms with van der Waals surface area (Å²) in [5.74, 6) is 5.62. The highest BCUT2D eigenvalue weighted by atomic mass is 79.9.